The number of ether oxygens (including phenoxy) is 3. The molecule has 4 aromatic rings. The number of aromatic nitrogens is 3. The van der Waals surface area contributed by atoms with Crippen LogP contribution in [-0.2, 0) is 15.9 Å². The summed E-state index contributed by atoms with van der Waals surface area (Å²) in [5.74, 6) is 1.45. The number of alkyl halides is 3. The number of carbonyl (C=O) groups is 1. The fourth-order valence-electron chi connectivity index (χ4n) is 9.98. The summed E-state index contributed by atoms with van der Waals surface area (Å²) in [5.41, 5.74) is -0.720. The molecule has 0 aliphatic carbocycles. The van der Waals surface area contributed by atoms with Gasteiger partial charge < -0.3 is 14.4 Å². The predicted octanol–water partition coefficient (Wildman–Crippen LogP) is 7.53. The van der Waals surface area contributed by atoms with Gasteiger partial charge in [-0.2, -0.15) is 9.97 Å². The van der Waals surface area contributed by atoms with E-state index in [1.807, 2.05) is 30.6 Å². The molecule has 2 aromatic heterocycles. The SMILES string of the molecule is C#Cc1c(F)ccc2cccc(-c3nc4c5c(nc(OC[C@@]67CCCN6C[C@H](OC(F)(F)F)C7)nc5c3F)N3C[C@H]5CC[C@@H]([C@H]3CC4)N5C(=O)OC(C)(C)C)c12. The summed E-state index contributed by atoms with van der Waals surface area (Å²) in [7, 11) is 0. The molecule has 5 aliphatic heterocycles. The molecule has 0 N–H and O–H groups in total. The highest BCUT2D eigenvalue weighted by Crippen LogP contribution is 2.46. The number of anilines is 1. The Kier molecular flexibility index (Phi) is 8.63. The second-order valence-electron chi connectivity index (χ2n) is 16.6. The van der Waals surface area contributed by atoms with Gasteiger partial charge in [0, 0.05) is 24.0 Å². The topological polar surface area (TPSA) is 93.2 Å². The maximum Gasteiger partial charge on any atom is 0.522 e. The minimum Gasteiger partial charge on any atom is -0.461 e. The number of pyridine rings is 1. The molecule has 9 rings (SSSR count). The number of fused-ring (bicyclic) bond motifs is 7. The van der Waals surface area contributed by atoms with E-state index in [0.717, 1.165) is 19.3 Å². The fraction of sp³-hybridized carbons (Fsp3) is 0.512. The number of aryl methyl sites for hydroxylation is 1. The smallest absolute Gasteiger partial charge is 0.461 e. The molecule has 1 amide bonds. The van der Waals surface area contributed by atoms with Gasteiger partial charge in [-0.05, 0) is 83.7 Å². The quantitative estimate of drug-likeness (QED) is 0.151. The first-order chi connectivity index (χ1) is 26.6. The summed E-state index contributed by atoms with van der Waals surface area (Å²) in [5, 5.41) is 1.36. The van der Waals surface area contributed by atoms with Crippen LogP contribution < -0.4 is 9.64 Å². The minimum atomic E-state index is -4.77. The number of terminal acetylenes is 1. The molecule has 7 heterocycles. The summed E-state index contributed by atoms with van der Waals surface area (Å²) < 4.78 is 88.8. The Labute approximate surface area is 320 Å². The van der Waals surface area contributed by atoms with Gasteiger partial charge in [-0.3, -0.25) is 14.5 Å². The van der Waals surface area contributed by atoms with Crippen molar-refractivity contribution in [1.29, 1.82) is 0 Å². The number of nitrogens with zero attached hydrogens (tertiary/aromatic N) is 6. The summed E-state index contributed by atoms with van der Waals surface area (Å²) in [4.78, 5) is 34.0. The minimum absolute atomic E-state index is 0.0159. The highest BCUT2D eigenvalue weighted by Gasteiger charge is 2.53. The zero-order valence-corrected chi connectivity index (χ0v) is 31.3. The van der Waals surface area contributed by atoms with Crippen LogP contribution >= 0.6 is 0 Å². The van der Waals surface area contributed by atoms with Crippen LogP contribution in [0.2, 0.25) is 0 Å². The van der Waals surface area contributed by atoms with Gasteiger partial charge in [0.05, 0.1) is 46.4 Å². The second-order valence-corrected chi connectivity index (χ2v) is 16.6. The van der Waals surface area contributed by atoms with Crippen molar-refractivity contribution < 1.29 is 41.0 Å². The number of benzene rings is 2. The third-order valence-corrected chi connectivity index (χ3v) is 12.1. The molecule has 294 valence electrons. The van der Waals surface area contributed by atoms with E-state index in [9.17, 15) is 18.0 Å². The number of hydrogen-bond donors (Lipinski definition) is 0. The van der Waals surface area contributed by atoms with E-state index in [0.29, 0.717) is 65.6 Å². The fourth-order valence-corrected chi connectivity index (χ4v) is 9.98. The lowest BCUT2D eigenvalue weighted by Gasteiger charge is -2.47. The molecule has 15 heteroatoms. The zero-order chi connectivity index (χ0) is 39.3. The van der Waals surface area contributed by atoms with Gasteiger partial charge in [-0.25, -0.2) is 18.6 Å². The average molecular weight is 777 g/mol. The Morgan fingerprint density at radius 2 is 1.84 bits per heavy atom. The molecular weight excluding hydrogens is 735 g/mol. The van der Waals surface area contributed by atoms with Crippen molar-refractivity contribution in [2.75, 3.05) is 31.1 Å². The van der Waals surface area contributed by atoms with Crippen LogP contribution in [0.1, 0.15) is 70.6 Å². The molecular formula is C41H41F5N6O4. The summed E-state index contributed by atoms with van der Waals surface area (Å²) in [6.07, 6.45) is 3.49. The molecule has 0 unspecified atom stereocenters. The lowest BCUT2D eigenvalue weighted by molar-refractivity contribution is -0.340. The Morgan fingerprint density at radius 1 is 1.02 bits per heavy atom. The number of piperazine rings is 1. The molecule has 56 heavy (non-hydrogen) atoms. The lowest BCUT2D eigenvalue weighted by Crippen LogP contribution is -2.62. The van der Waals surface area contributed by atoms with E-state index in [4.69, 9.17) is 25.9 Å². The third kappa shape index (κ3) is 6.16. The van der Waals surface area contributed by atoms with Crippen LogP contribution in [0.25, 0.3) is 32.9 Å². The molecule has 0 spiro atoms. The van der Waals surface area contributed by atoms with E-state index in [1.165, 1.54) is 6.07 Å². The first kappa shape index (κ1) is 36.8. The highest BCUT2D eigenvalue weighted by molar-refractivity contribution is 6.03. The van der Waals surface area contributed by atoms with Crippen LogP contribution in [-0.4, -0.2) is 98.8 Å². The van der Waals surface area contributed by atoms with E-state index < -0.39 is 35.2 Å². The predicted molar refractivity (Wildman–Crippen MR) is 197 cm³/mol. The molecule has 0 saturated carbocycles. The van der Waals surface area contributed by atoms with Crippen molar-refractivity contribution in [3.8, 4) is 29.6 Å². The van der Waals surface area contributed by atoms with Gasteiger partial charge in [-0.1, -0.05) is 30.2 Å². The first-order valence-electron chi connectivity index (χ1n) is 19.1. The molecule has 4 fully saturated rings. The Morgan fingerprint density at radius 3 is 2.61 bits per heavy atom. The van der Waals surface area contributed by atoms with Crippen molar-refractivity contribution in [3.63, 3.8) is 0 Å². The second kappa shape index (κ2) is 13.1. The maximum absolute atomic E-state index is 17.4. The lowest BCUT2D eigenvalue weighted by atomic mass is 9.94. The van der Waals surface area contributed by atoms with Gasteiger partial charge in [0.25, 0.3) is 0 Å². The van der Waals surface area contributed by atoms with Crippen molar-refractivity contribution >= 4 is 33.6 Å². The van der Waals surface area contributed by atoms with E-state index in [-0.39, 0.29) is 66.6 Å². The van der Waals surface area contributed by atoms with Crippen molar-refractivity contribution in [2.24, 2.45) is 0 Å². The largest absolute Gasteiger partial charge is 0.522 e. The Bertz CT molecular complexity index is 2310. The van der Waals surface area contributed by atoms with Crippen molar-refractivity contribution in [2.45, 2.75) is 107 Å². The summed E-state index contributed by atoms with van der Waals surface area (Å²) in [6.45, 7) is 6.57. The van der Waals surface area contributed by atoms with E-state index >= 15 is 8.78 Å². The summed E-state index contributed by atoms with van der Waals surface area (Å²) in [6, 6.07) is 7.23. The number of carbonyl (C=O) groups excluding carboxylic acids is 1. The normalized spacial score (nSPS) is 26.0. The number of halogens is 5. The molecule has 10 nitrogen and oxygen atoms in total. The Hall–Kier alpha value is -4.81. The standard InChI is InChI=1S/C41H41F5N6O4/c1-5-25-27(42)12-10-22-8-6-9-26(31(22)25)34-33(43)35-32-28(47-34)13-15-29-30-14-11-23(52(30)38(53)56-39(2,3)4)19-51(29)36(32)49-37(48-35)54-21-40-16-7-17-50(40)20-24(18-40)55-41(44,45)46/h1,6,8-10,12,23-24,29-30H,7,11,13-21H2,2-4H3/t23-,24-,29-,30+,40+/m1/s1. The van der Waals surface area contributed by atoms with Crippen LogP contribution in [0, 0.1) is 24.0 Å². The third-order valence-electron chi connectivity index (χ3n) is 12.1. The molecule has 2 aromatic carbocycles. The maximum atomic E-state index is 17.4. The zero-order valence-electron chi connectivity index (χ0n) is 31.3. The molecule has 5 atom stereocenters. The first-order valence-corrected chi connectivity index (χ1v) is 19.1. The number of hydrogen-bond acceptors (Lipinski definition) is 9. The van der Waals surface area contributed by atoms with Crippen LogP contribution in [0.3, 0.4) is 0 Å². The van der Waals surface area contributed by atoms with Crippen molar-refractivity contribution in [1.82, 2.24) is 24.8 Å². The monoisotopic (exact) mass is 776 g/mol. The molecule has 5 aliphatic rings. The van der Waals surface area contributed by atoms with Crippen LogP contribution in [0.5, 0.6) is 6.01 Å². The molecule has 2 bridgehead atoms. The van der Waals surface area contributed by atoms with Gasteiger partial charge in [-0.15, -0.1) is 19.6 Å². The van der Waals surface area contributed by atoms with Crippen LogP contribution in [0.15, 0.2) is 30.3 Å². The highest BCUT2D eigenvalue weighted by atomic mass is 19.4. The molecule has 4 saturated heterocycles. The van der Waals surface area contributed by atoms with Crippen LogP contribution in [0.4, 0.5) is 32.6 Å². The van der Waals surface area contributed by atoms with Crippen molar-refractivity contribution in [3.05, 3.63) is 53.2 Å². The van der Waals surface area contributed by atoms with Gasteiger partial charge >= 0.3 is 18.5 Å². The average Bonchev–Trinajstić information content (AvgIpc) is 3.74. The van der Waals surface area contributed by atoms with Gasteiger partial charge in [0.1, 0.15) is 35.1 Å². The van der Waals surface area contributed by atoms with E-state index in [1.54, 1.807) is 24.3 Å². The number of rotatable bonds is 5. The molecule has 0 radical (unpaired) electrons. The van der Waals surface area contributed by atoms with Gasteiger partial charge in [0.15, 0.2) is 5.82 Å². The Balaban J connectivity index is 1.17. The summed E-state index contributed by atoms with van der Waals surface area (Å²) >= 11 is 0. The van der Waals surface area contributed by atoms with E-state index in [2.05, 4.69) is 20.5 Å². The number of amides is 1. The van der Waals surface area contributed by atoms with Gasteiger partial charge in [0.2, 0.25) is 0 Å².